The van der Waals surface area contributed by atoms with Gasteiger partial charge < -0.3 is 14.2 Å². The van der Waals surface area contributed by atoms with E-state index in [1.54, 1.807) is 0 Å². The Morgan fingerprint density at radius 1 is 0.328 bits per heavy atom. The normalized spacial score (nSPS) is 12.6. The van der Waals surface area contributed by atoms with Crippen molar-refractivity contribution in [3.8, 4) is 0 Å². The molecule has 0 radical (unpaired) electrons. The molecule has 0 fully saturated rings. The largest absolute Gasteiger partial charge is 0.462 e. The molecule has 0 aliphatic rings. The van der Waals surface area contributed by atoms with Crippen molar-refractivity contribution in [1.29, 1.82) is 0 Å². The topological polar surface area (TPSA) is 78.9 Å². The Morgan fingerprint density at radius 2 is 0.574 bits per heavy atom. The summed E-state index contributed by atoms with van der Waals surface area (Å²) in [7, 11) is 0. The number of unbranched alkanes of at least 4 members (excludes halogenated alkanes) is 30. The summed E-state index contributed by atoms with van der Waals surface area (Å²) in [6.07, 6.45) is 46.6. The summed E-state index contributed by atoms with van der Waals surface area (Å²) >= 11 is 0. The van der Waals surface area contributed by atoms with Gasteiger partial charge in [-0.25, -0.2) is 0 Å². The predicted octanol–water partition coefficient (Wildman–Crippen LogP) is 17.6. The highest BCUT2D eigenvalue weighted by Crippen LogP contribution is 2.18. The maximum Gasteiger partial charge on any atom is 0.306 e. The van der Waals surface area contributed by atoms with Crippen molar-refractivity contribution in [2.24, 2.45) is 17.8 Å². The first-order valence-electron chi connectivity index (χ1n) is 27.1. The number of hydrogen-bond acceptors (Lipinski definition) is 6. The SMILES string of the molecule is CCC(C)CCCCCCCCCCCCCCCCC(=O)OC[C@H](COC(=O)CCCCCCCCCC(C)C)OC(=O)CCCCCCCCCCCCCCC(C)C. The van der Waals surface area contributed by atoms with Crippen LogP contribution in [0.2, 0.25) is 0 Å². The summed E-state index contributed by atoms with van der Waals surface area (Å²) < 4.78 is 16.8. The molecule has 6 heteroatoms. The van der Waals surface area contributed by atoms with Gasteiger partial charge in [0.15, 0.2) is 6.10 Å². The molecule has 0 aliphatic carbocycles. The Kier molecular flexibility index (Phi) is 45.2. The van der Waals surface area contributed by atoms with Crippen molar-refractivity contribution in [2.75, 3.05) is 13.2 Å². The summed E-state index contributed by atoms with van der Waals surface area (Å²) in [5, 5.41) is 0. The average Bonchev–Trinajstić information content (AvgIpc) is 3.23. The third-order valence-electron chi connectivity index (χ3n) is 12.8. The number of carbonyl (C=O) groups is 3. The molecule has 0 saturated carbocycles. The molecule has 0 aromatic rings. The van der Waals surface area contributed by atoms with Gasteiger partial charge in [0.1, 0.15) is 13.2 Å². The third-order valence-corrected chi connectivity index (χ3v) is 12.8. The van der Waals surface area contributed by atoms with Crippen LogP contribution in [-0.4, -0.2) is 37.2 Å². The molecule has 61 heavy (non-hydrogen) atoms. The molecule has 362 valence electrons. The Morgan fingerprint density at radius 3 is 0.852 bits per heavy atom. The number of hydrogen-bond donors (Lipinski definition) is 0. The maximum absolute atomic E-state index is 12.8. The molecule has 0 aromatic heterocycles. The van der Waals surface area contributed by atoms with E-state index < -0.39 is 6.10 Å². The quantitative estimate of drug-likeness (QED) is 0.0344. The van der Waals surface area contributed by atoms with E-state index in [0.29, 0.717) is 19.3 Å². The second kappa shape index (κ2) is 46.4. The molecule has 0 saturated heterocycles. The molecule has 6 nitrogen and oxygen atoms in total. The fourth-order valence-electron chi connectivity index (χ4n) is 8.26. The second-order valence-corrected chi connectivity index (χ2v) is 20.1. The highest BCUT2D eigenvalue weighted by molar-refractivity contribution is 5.71. The van der Waals surface area contributed by atoms with Crippen molar-refractivity contribution < 1.29 is 28.6 Å². The lowest BCUT2D eigenvalue weighted by atomic mass is 9.99. The van der Waals surface area contributed by atoms with Crippen molar-refractivity contribution >= 4 is 17.9 Å². The minimum Gasteiger partial charge on any atom is -0.462 e. The van der Waals surface area contributed by atoms with E-state index in [2.05, 4.69) is 41.5 Å². The van der Waals surface area contributed by atoms with Crippen LogP contribution in [0.15, 0.2) is 0 Å². The fraction of sp³-hybridized carbons (Fsp3) is 0.945. The Hall–Kier alpha value is -1.59. The predicted molar refractivity (Wildman–Crippen MR) is 261 cm³/mol. The van der Waals surface area contributed by atoms with Gasteiger partial charge in [0.25, 0.3) is 0 Å². The van der Waals surface area contributed by atoms with E-state index in [4.69, 9.17) is 14.2 Å². The average molecular weight is 863 g/mol. The van der Waals surface area contributed by atoms with Crippen LogP contribution >= 0.6 is 0 Å². The monoisotopic (exact) mass is 863 g/mol. The summed E-state index contributed by atoms with van der Waals surface area (Å²) in [5.41, 5.74) is 0. The van der Waals surface area contributed by atoms with Crippen molar-refractivity contribution in [2.45, 2.75) is 304 Å². The van der Waals surface area contributed by atoms with Gasteiger partial charge in [0.05, 0.1) is 0 Å². The van der Waals surface area contributed by atoms with E-state index in [-0.39, 0.29) is 31.1 Å². The van der Waals surface area contributed by atoms with E-state index in [1.165, 1.54) is 180 Å². The lowest BCUT2D eigenvalue weighted by Gasteiger charge is -2.18. The summed E-state index contributed by atoms with van der Waals surface area (Å²) in [5.74, 6) is 1.66. The molecule has 1 unspecified atom stereocenters. The summed E-state index contributed by atoms with van der Waals surface area (Å²) in [6, 6.07) is 0. The van der Waals surface area contributed by atoms with Gasteiger partial charge in [0, 0.05) is 19.3 Å². The number of esters is 3. The van der Waals surface area contributed by atoms with Gasteiger partial charge >= 0.3 is 17.9 Å². The van der Waals surface area contributed by atoms with Crippen LogP contribution in [0.4, 0.5) is 0 Å². The van der Waals surface area contributed by atoms with Crippen LogP contribution in [0.5, 0.6) is 0 Å². The smallest absolute Gasteiger partial charge is 0.306 e. The number of rotatable bonds is 48. The lowest BCUT2D eigenvalue weighted by Crippen LogP contribution is -2.30. The van der Waals surface area contributed by atoms with Gasteiger partial charge in [-0.2, -0.15) is 0 Å². The molecule has 2 atom stereocenters. The Bertz CT molecular complexity index is 947. The Balaban J connectivity index is 4.27. The molecular formula is C55H106O6. The lowest BCUT2D eigenvalue weighted by molar-refractivity contribution is -0.167. The first-order chi connectivity index (χ1) is 29.6. The van der Waals surface area contributed by atoms with Gasteiger partial charge in [-0.3, -0.25) is 14.4 Å². The molecule has 0 N–H and O–H groups in total. The number of ether oxygens (including phenoxy) is 3. The van der Waals surface area contributed by atoms with Gasteiger partial charge in [0.2, 0.25) is 0 Å². The molecular weight excluding hydrogens is 757 g/mol. The zero-order chi connectivity index (χ0) is 44.9. The van der Waals surface area contributed by atoms with Gasteiger partial charge in [-0.05, 0) is 37.0 Å². The highest BCUT2D eigenvalue weighted by atomic mass is 16.6. The molecule has 0 amide bonds. The van der Waals surface area contributed by atoms with E-state index in [0.717, 1.165) is 75.5 Å². The fourth-order valence-corrected chi connectivity index (χ4v) is 8.26. The minimum atomic E-state index is -0.763. The molecule has 0 heterocycles. The van der Waals surface area contributed by atoms with Crippen LogP contribution < -0.4 is 0 Å². The maximum atomic E-state index is 12.8. The standard InChI is InChI=1S/C55H106O6/c1-7-51(6)43-37-31-25-19-15-10-8-9-11-16-20-26-32-38-44-53(56)59-47-52(48-60-54(57)45-39-33-28-22-24-30-36-42-50(4)5)61-55(58)46-40-34-27-21-17-13-12-14-18-23-29-35-41-49(2)3/h49-52H,7-48H2,1-6H3/t51?,52-/m1/s1. The van der Waals surface area contributed by atoms with Crippen LogP contribution in [0.3, 0.4) is 0 Å². The van der Waals surface area contributed by atoms with Crippen LogP contribution in [-0.2, 0) is 28.6 Å². The minimum absolute atomic E-state index is 0.0646. The van der Waals surface area contributed by atoms with Crippen molar-refractivity contribution in [3.05, 3.63) is 0 Å². The molecule has 0 bridgehead atoms. The van der Waals surface area contributed by atoms with E-state index in [9.17, 15) is 14.4 Å². The highest BCUT2D eigenvalue weighted by Gasteiger charge is 2.19. The van der Waals surface area contributed by atoms with Crippen LogP contribution in [0.25, 0.3) is 0 Å². The van der Waals surface area contributed by atoms with Crippen molar-refractivity contribution in [1.82, 2.24) is 0 Å². The third kappa shape index (κ3) is 47.7. The molecule has 0 aliphatic heterocycles. The van der Waals surface area contributed by atoms with E-state index >= 15 is 0 Å². The molecule has 0 aromatic carbocycles. The number of carbonyl (C=O) groups excluding carboxylic acids is 3. The van der Waals surface area contributed by atoms with Crippen molar-refractivity contribution in [3.63, 3.8) is 0 Å². The van der Waals surface area contributed by atoms with E-state index in [1.807, 2.05) is 0 Å². The molecule has 0 spiro atoms. The first-order valence-corrected chi connectivity index (χ1v) is 27.1. The summed E-state index contributed by atoms with van der Waals surface area (Å²) in [6.45, 7) is 13.7. The first kappa shape index (κ1) is 59.4. The zero-order valence-corrected chi connectivity index (χ0v) is 42.0. The zero-order valence-electron chi connectivity index (χ0n) is 42.0. The summed E-state index contributed by atoms with van der Waals surface area (Å²) in [4.78, 5) is 38.0. The molecule has 0 rings (SSSR count). The Labute approximate surface area is 380 Å². The second-order valence-electron chi connectivity index (χ2n) is 20.1. The van der Waals surface area contributed by atoms with Crippen LogP contribution in [0, 0.1) is 17.8 Å². The van der Waals surface area contributed by atoms with Crippen LogP contribution in [0.1, 0.15) is 298 Å². The van der Waals surface area contributed by atoms with Gasteiger partial charge in [-0.15, -0.1) is 0 Å². The van der Waals surface area contributed by atoms with Gasteiger partial charge in [-0.1, -0.05) is 260 Å².